The summed E-state index contributed by atoms with van der Waals surface area (Å²) in [6, 6.07) is 11.0. The molecule has 0 atom stereocenters. The number of hydrogen-bond donors (Lipinski definition) is 0. The minimum atomic E-state index is 1.02. The number of aryl methyl sites for hydroxylation is 1. The molecule has 0 unspecified atom stereocenters. The van der Waals surface area contributed by atoms with Gasteiger partial charge in [0.25, 0.3) is 0 Å². The average molecular weight is 337 g/mol. The molecule has 0 radical (unpaired) electrons. The van der Waals surface area contributed by atoms with Gasteiger partial charge in [-0.1, -0.05) is 18.2 Å². The predicted molar refractivity (Wildman–Crippen MR) is 79.3 cm³/mol. The molecule has 1 aromatic carbocycles. The van der Waals surface area contributed by atoms with Crippen LogP contribution >= 0.6 is 22.6 Å². The molecule has 1 nitrogen and oxygen atoms in total. The van der Waals surface area contributed by atoms with Gasteiger partial charge < -0.3 is 4.57 Å². The van der Waals surface area contributed by atoms with E-state index in [0.29, 0.717) is 0 Å². The topological polar surface area (TPSA) is 4.93 Å². The Hall–Kier alpha value is -0.770. The molecule has 1 aliphatic rings. The van der Waals surface area contributed by atoms with Crippen molar-refractivity contribution in [1.29, 1.82) is 0 Å². The number of aromatic nitrogens is 1. The van der Waals surface area contributed by atoms with Crippen LogP contribution in [-0.4, -0.2) is 4.57 Å². The van der Waals surface area contributed by atoms with E-state index >= 15 is 0 Å². The molecule has 2 aromatic rings. The number of fused-ring (bicyclic) bond motifs is 1. The first-order valence-corrected chi connectivity index (χ1v) is 7.33. The Morgan fingerprint density at radius 2 is 1.88 bits per heavy atom. The maximum absolute atomic E-state index is 2.44. The third kappa shape index (κ3) is 2.28. The molecule has 1 aliphatic carbocycles. The molecule has 3 rings (SSSR count). The summed E-state index contributed by atoms with van der Waals surface area (Å²) in [6.45, 7) is 1.02. The monoisotopic (exact) mass is 337 g/mol. The van der Waals surface area contributed by atoms with Crippen molar-refractivity contribution in [2.75, 3.05) is 0 Å². The fourth-order valence-electron chi connectivity index (χ4n) is 2.65. The summed E-state index contributed by atoms with van der Waals surface area (Å²) in [7, 11) is 0. The standard InChI is InChI=1S/C15H16IN/c16-14-7-3-1-6-13(14)11-17-10-9-12-5-2-4-8-15(12)17/h1,3,6-7,9-10H,2,4-5,8,11H2. The van der Waals surface area contributed by atoms with E-state index in [1.807, 2.05) is 0 Å². The third-order valence-electron chi connectivity index (χ3n) is 3.58. The summed E-state index contributed by atoms with van der Waals surface area (Å²) >= 11 is 2.43. The van der Waals surface area contributed by atoms with Gasteiger partial charge in [-0.15, -0.1) is 0 Å². The smallest absolute Gasteiger partial charge is 0.0483 e. The van der Waals surface area contributed by atoms with Crippen molar-refractivity contribution in [2.24, 2.45) is 0 Å². The molecule has 88 valence electrons. The van der Waals surface area contributed by atoms with E-state index in [0.717, 1.165) is 6.54 Å². The van der Waals surface area contributed by atoms with Gasteiger partial charge in [-0.2, -0.15) is 0 Å². The first-order valence-electron chi connectivity index (χ1n) is 6.25. The zero-order valence-corrected chi connectivity index (χ0v) is 12.0. The third-order valence-corrected chi connectivity index (χ3v) is 4.63. The number of nitrogens with zero attached hydrogens (tertiary/aromatic N) is 1. The highest BCUT2D eigenvalue weighted by atomic mass is 127. The van der Waals surface area contributed by atoms with Crippen LogP contribution in [0, 0.1) is 3.57 Å². The Balaban J connectivity index is 1.91. The zero-order chi connectivity index (χ0) is 11.7. The van der Waals surface area contributed by atoms with Gasteiger partial charge >= 0.3 is 0 Å². The molecule has 1 heterocycles. The summed E-state index contributed by atoms with van der Waals surface area (Å²) in [4.78, 5) is 0. The summed E-state index contributed by atoms with van der Waals surface area (Å²) in [5, 5.41) is 0. The molecule has 0 fully saturated rings. The second-order valence-corrected chi connectivity index (χ2v) is 5.88. The largest absolute Gasteiger partial charge is 0.347 e. The Morgan fingerprint density at radius 1 is 1.06 bits per heavy atom. The molecule has 0 aliphatic heterocycles. The Labute approximate surface area is 116 Å². The summed E-state index contributed by atoms with van der Waals surface area (Å²) in [6.07, 6.45) is 7.50. The summed E-state index contributed by atoms with van der Waals surface area (Å²) in [5.41, 5.74) is 4.56. The van der Waals surface area contributed by atoms with Crippen LogP contribution in [0.5, 0.6) is 0 Å². The van der Waals surface area contributed by atoms with Gasteiger partial charge in [0.2, 0.25) is 0 Å². The highest BCUT2D eigenvalue weighted by molar-refractivity contribution is 14.1. The summed E-state index contributed by atoms with van der Waals surface area (Å²) in [5.74, 6) is 0. The van der Waals surface area contributed by atoms with Crippen molar-refractivity contribution in [3.05, 3.63) is 56.9 Å². The molecule has 0 saturated heterocycles. The number of hydrogen-bond acceptors (Lipinski definition) is 0. The highest BCUT2D eigenvalue weighted by Crippen LogP contribution is 2.23. The minimum Gasteiger partial charge on any atom is -0.347 e. The van der Waals surface area contributed by atoms with E-state index < -0.39 is 0 Å². The van der Waals surface area contributed by atoms with Crippen LogP contribution < -0.4 is 0 Å². The maximum atomic E-state index is 2.44. The second kappa shape index (κ2) is 4.84. The highest BCUT2D eigenvalue weighted by Gasteiger charge is 2.13. The lowest BCUT2D eigenvalue weighted by Crippen LogP contribution is -2.09. The minimum absolute atomic E-state index is 1.02. The van der Waals surface area contributed by atoms with Crippen LogP contribution in [-0.2, 0) is 19.4 Å². The Morgan fingerprint density at radius 3 is 2.76 bits per heavy atom. The van der Waals surface area contributed by atoms with E-state index in [9.17, 15) is 0 Å². The first kappa shape index (κ1) is 11.3. The van der Waals surface area contributed by atoms with Gasteiger partial charge in [-0.05, 0) is 71.5 Å². The normalized spacial score (nSPS) is 14.6. The van der Waals surface area contributed by atoms with Crippen LogP contribution in [0.3, 0.4) is 0 Å². The quantitative estimate of drug-likeness (QED) is 0.730. The number of rotatable bonds is 2. The van der Waals surface area contributed by atoms with Crippen LogP contribution in [0.25, 0.3) is 0 Å². The van der Waals surface area contributed by atoms with Crippen LogP contribution in [0.2, 0.25) is 0 Å². The van der Waals surface area contributed by atoms with Crippen molar-refractivity contribution >= 4 is 22.6 Å². The van der Waals surface area contributed by atoms with E-state index in [1.54, 1.807) is 11.3 Å². The predicted octanol–water partition coefficient (Wildman–Crippen LogP) is 4.02. The SMILES string of the molecule is Ic1ccccc1Cn1ccc2c1CCCC2. The number of benzene rings is 1. The van der Waals surface area contributed by atoms with E-state index in [4.69, 9.17) is 0 Å². The molecule has 0 spiro atoms. The lowest BCUT2D eigenvalue weighted by molar-refractivity contribution is 0.630. The lowest BCUT2D eigenvalue weighted by Gasteiger charge is -2.16. The summed E-state index contributed by atoms with van der Waals surface area (Å²) < 4.78 is 3.80. The molecular weight excluding hydrogens is 321 g/mol. The molecule has 0 bridgehead atoms. The maximum Gasteiger partial charge on any atom is 0.0483 e. The van der Waals surface area contributed by atoms with Gasteiger partial charge in [0.15, 0.2) is 0 Å². The van der Waals surface area contributed by atoms with Crippen molar-refractivity contribution in [3.8, 4) is 0 Å². The molecular formula is C15H16IN. The molecule has 0 saturated carbocycles. The van der Waals surface area contributed by atoms with E-state index in [-0.39, 0.29) is 0 Å². The van der Waals surface area contributed by atoms with Crippen LogP contribution in [0.15, 0.2) is 36.5 Å². The molecule has 1 aromatic heterocycles. The number of halogens is 1. The lowest BCUT2D eigenvalue weighted by atomic mass is 9.98. The van der Waals surface area contributed by atoms with Crippen molar-refractivity contribution in [1.82, 2.24) is 4.57 Å². The van der Waals surface area contributed by atoms with Crippen LogP contribution in [0.4, 0.5) is 0 Å². The van der Waals surface area contributed by atoms with Crippen LogP contribution in [0.1, 0.15) is 29.7 Å². The van der Waals surface area contributed by atoms with Crippen molar-refractivity contribution in [3.63, 3.8) is 0 Å². The fraction of sp³-hybridized carbons (Fsp3) is 0.333. The van der Waals surface area contributed by atoms with Crippen molar-refractivity contribution in [2.45, 2.75) is 32.2 Å². The first-order chi connectivity index (χ1) is 8.34. The van der Waals surface area contributed by atoms with Gasteiger partial charge in [-0.25, -0.2) is 0 Å². The van der Waals surface area contributed by atoms with Gasteiger partial charge in [0.05, 0.1) is 0 Å². The Kier molecular flexibility index (Phi) is 3.23. The Bertz CT molecular complexity index is 527. The van der Waals surface area contributed by atoms with Crippen molar-refractivity contribution < 1.29 is 0 Å². The average Bonchev–Trinajstić information content (AvgIpc) is 2.76. The van der Waals surface area contributed by atoms with Gasteiger partial charge in [0, 0.05) is 22.0 Å². The molecule has 2 heteroatoms. The molecule has 17 heavy (non-hydrogen) atoms. The van der Waals surface area contributed by atoms with E-state index in [1.165, 1.54) is 34.8 Å². The molecule has 0 amide bonds. The van der Waals surface area contributed by atoms with E-state index in [2.05, 4.69) is 63.7 Å². The molecule has 0 N–H and O–H groups in total. The fourth-order valence-corrected chi connectivity index (χ4v) is 3.21. The zero-order valence-electron chi connectivity index (χ0n) is 9.82. The van der Waals surface area contributed by atoms with Gasteiger partial charge in [0.1, 0.15) is 0 Å². The second-order valence-electron chi connectivity index (χ2n) is 4.71. The van der Waals surface area contributed by atoms with Gasteiger partial charge in [-0.3, -0.25) is 0 Å².